The highest BCUT2D eigenvalue weighted by Crippen LogP contribution is 2.13. The van der Waals surface area contributed by atoms with E-state index in [9.17, 15) is 4.79 Å². The Hall–Kier alpha value is -2.16. The molecule has 0 aromatic heterocycles. The molecule has 0 spiro atoms. The smallest absolute Gasteiger partial charge is 0.251 e. The van der Waals surface area contributed by atoms with Crippen molar-refractivity contribution >= 4 is 5.91 Å². The molecule has 0 aliphatic carbocycles. The molecule has 1 aliphatic rings. The number of nitrogens with zero attached hydrogens (tertiary/aromatic N) is 1. The number of benzene rings is 1. The van der Waals surface area contributed by atoms with E-state index in [2.05, 4.69) is 5.32 Å². The molecule has 23 heavy (non-hydrogen) atoms. The molecule has 122 valence electrons. The molecule has 1 aromatic rings. The lowest BCUT2D eigenvalue weighted by Gasteiger charge is -2.31. The minimum Gasteiger partial charge on any atom is -0.379 e. The highest BCUT2D eigenvalue weighted by Gasteiger charge is 2.28. The maximum Gasteiger partial charge on any atom is 0.251 e. The number of nitriles is 1. The van der Waals surface area contributed by atoms with Crippen LogP contribution in [0.3, 0.4) is 0 Å². The lowest BCUT2D eigenvalue weighted by Crippen LogP contribution is -2.50. The van der Waals surface area contributed by atoms with Crippen LogP contribution >= 0.6 is 0 Å². The number of ether oxygens (including phenoxy) is 2. The van der Waals surface area contributed by atoms with E-state index in [4.69, 9.17) is 14.7 Å². The van der Waals surface area contributed by atoms with Crippen molar-refractivity contribution in [3.63, 3.8) is 0 Å². The van der Waals surface area contributed by atoms with E-state index in [1.54, 1.807) is 24.3 Å². The molecule has 1 heterocycles. The normalized spacial score (nSPS) is 20.4. The molecule has 2 atom stereocenters. The monoisotopic (exact) mass is 314 g/mol. The third kappa shape index (κ3) is 5.20. The first-order chi connectivity index (χ1) is 11.1. The van der Waals surface area contributed by atoms with Gasteiger partial charge in [-0.2, -0.15) is 5.26 Å². The first-order valence-electron chi connectivity index (χ1n) is 7.74. The number of rotatable bonds is 5. The quantitative estimate of drug-likeness (QED) is 0.847. The molecule has 1 fully saturated rings. The molecule has 5 nitrogen and oxygen atoms in total. The van der Waals surface area contributed by atoms with Crippen LogP contribution in [0.25, 0.3) is 0 Å². The fourth-order valence-corrected chi connectivity index (χ4v) is 2.34. The van der Waals surface area contributed by atoms with Crippen LogP contribution in [0.15, 0.2) is 35.9 Å². The van der Waals surface area contributed by atoms with Gasteiger partial charge in [0, 0.05) is 12.2 Å². The maximum absolute atomic E-state index is 12.3. The predicted octanol–water partition coefficient (Wildman–Crippen LogP) is 2.43. The Morgan fingerprint density at radius 3 is 2.83 bits per heavy atom. The van der Waals surface area contributed by atoms with Gasteiger partial charge in [-0.15, -0.1) is 0 Å². The first kappa shape index (κ1) is 17.2. The van der Waals surface area contributed by atoms with Crippen LogP contribution in [0.2, 0.25) is 0 Å². The molecule has 1 aromatic carbocycles. The number of nitrogens with one attached hydrogen (secondary N) is 1. The van der Waals surface area contributed by atoms with Gasteiger partial charge < -0.3 is 14.8 Å². The van der Waals surface area contributed by atoms with Crippen molar-refractivity contribution in [2.75, 3.05) is 19.8 Å². The standard InChI is InChI=1S/C18H22N2O3/c1-13(2)7-10-23-17-8-9-22-12-16(17)20-18(21)15-5-3-14(11-19)4-6-15/h3-7,16-17H,8-10,12H2,1-2H3,(H,20,21)/t16-,17+/m1/s1. The van der Waals surface area contributed by atoms with Gasteiger partial charge in [-0.05, 0) is 44.5 Å². The summed E-state index contributed by atoms with van der Waals surface area (Å²) in [6.45, 7) is 5.68. The summed E-state index contributed by atoms with van der Waals surface area (Å²) in [5.41, 5.74) is 2.26. The van der Waals surface area contributed by atoms with Crippen molar-refractivity contribution < 1.29 is 14.3 Å². The Bertz CT molecular complexity index is 598. The lowest BCUT2D eigenvalue weighted by molar-refractivity contribution is -0.0457. The molecule has 2 rings (SSSR count). The van der Waals surface area contributed by atoms with Gasteiger partial charge in [0.2, 0.25) is 0 Å². The maximum atomic E-state index is 12.3. The van der Waals surface area contributed by atoms with Gasteiger partial charge in [-0.25, -0.2) is 0 Å². The van der Waals surface area contributed by atoms with E-state index in [0.29, 0.717) is 30.9 Å². The van der Waals surface area contributed by atoms with Gasteiger partial charge in [-0.3, -0.25) is 4.79 Å². The number of hydrogen-bond donors (Lipinski definition) is 1. The summed E-state index contributed by atoms with van der Waals surface area (Å²) >= 11 is 0. The second-order valence-electron chi connectivity index (χ2n) is 5.79. The number of hydrogen-bond acceptors (Lipinski definition) is 4. The van der Waals surface area contributed by atoms with Crippen LogP contribution in [0, 0.1) is 11.3 Å². The Morgan fingerprint density at radius 1 is 1.43 bits per heavy atom. The largest absolute Gasteiger partial charge is 0.379 e. The van der Waals surface area contributed by atoms with Crippen LogP contribution < -0.4 is 5.32 Å². The van der Waals surface area contributed by atoms with Crippen molar-refractivity contribution in [2.24, 2.45) is 0 Å². The minimum absolute atomic E-state index is 0.0540. The Morgan fingerprint density at radius 2 is 2.17 bits per heavy atom. The number of carbonyl (C=O) groups excluding carboxylic acids is 1. The van der Waals surface area contributed by atoms with Crippen LogP contribution in [-0.4, -0.2) is 37.9 Å². The zero-order valence-corrected chi connectivity index (χ0v) is 13.5. The summed E-state index contributed by atoms with van der Waals surface area (Å²) in [6.07, 6.45) is 2.73. The molecular weight excluding hydrogens is 292 g/mol. The van der Waals surface area contributed by atoms with Crippen molar-refractivity contribution in [1.29, 1.82) is 5.26 Å². The Labute approximate surface area is 136 Å². The lowest BCUT2D eigenvalue weighted by atomic mass is 10.1. The summed E-state index contributed by atoms with van der Waals surface area (Å²) in [5, 5.41) is 11.8. The second-order valence-corrected chi connectivity index (χ2v) is 5.79. The van der Waals surface area contributed by atoms with Crippen LogP contribution in [0.1, 0.15) is 36.2 Å². The zero-order valence-electron chi connectivity index (χ0n) is 13.5. The molecule has 5 heteroatoms. The minimum atomic E-state index is -0.180. The molecular formula is C18H22N2O3. The molecule has 0 bridgehead atoms. The van der Waals surface area contributed by atoms with E-state index in [0.717, 1.165) is 6.42 Å². The van der Waals surface area contributed by atoms with Crippen molar-refractivity contribution in [2.45, 2.75) is 32.4 Å². The third-order valence-corrected chi connectivity index (χ3v) is 3.69. The van der Waals surface area contributed by atoms with Gasteiger partial charge in [0.15, 0.2) is 0 Å². The fraction of sp³-hybridized carbons (Fsp3) is 0.444. The van der Waals surface area contributed by atoms with Crippen molar-refractivity contribution in [3.8, 4) is 6.07 Å². The van der Waals surface area contributed by atoms with Gasteiger partial charge in [0.1, 0.15) is 0 Å². The average molecular weight is 314 g/mol. The number of allylic oxidation sites excluding steroid dienone is 1. The van der Waals surface area contributed by atoms with E-state index in [-0.39, 0.29) is 18.1 Å². The fourth-order valence-electron chi connectivity index (χ4n) is 2.34. The van der Waals surface area contributed by atoms with E-state index < -0.39 is 0 Å². The van der Waals surface area contributed by atoms with Gasteiger partial charge in [0.05, 0.1) is 37.0 Å². The molecule has 0 radical (unpaired) electrons. The highest BCUT2D eigenvalue weighted by molar-refractivity contribution is 5.94. The molecule has 1 N–H and O–H groups in total. The first-order valence-corrected chi connectivity index (χ1v) is 7.74. The SMILES string of the molecule is CC(C)=CCO[C@H]1CCOC[C@H]1NC(=O)c1ccc(C#N)cc1. The summed E-state index contributed by atoms with van der Waals surface area (Å²) in [4.78, 5) is 12.3. The van der Waals surface area contributed by atoms with Gasteiger partial charge in [0.25, 0.3) is 5.91 Å². The molecule has 1 saturated heterocycles. The van der Waals surface area contributed by atoms with Crippen molar-refractivity contribution in [1.82, 2.24) is 5.32 Å². The van der Waals surface area contributed by atoms with Crippen LogP contribution in [0.4, 0.5) is 0 Å². The van der Waals surface area contributed by atoms with E-state index in [1.165, 1.54) is 5.57 Å². The number of amides is 1. The Kier molecular flexibility index (Phi) is 6.33. The zero-order chi connectivity index (χ0) is 16.7. The molecule has 0 unspecified atom stereocenters. The summed E-state index contributed by atoms with van der Waals surface area (Å²) in [6, 6.07) is 8.43. The van der Waals surface area contributed by atoms with Gasteiger partial charge in [-0.1, -0.05) is 11.6 Å². The molecule has 0 saturated carbocycles. The highest BCUT2D eigenvalue weighted by atomic mass is 16.5. The van der Waals surface area contributed by atoms with E-state index >= 15 is 0 Å². The summed E-state index contributed by atoms with van der Waals surface area (Å²) in [7, 11) is 0. The second kappa shape index (κ2) is 8.47. The molecule has 1 aliphatic heterocycles. The van der Waals surface area contributed by atoms with Crippen LogP contribution in [0.5, 0.6) is 0 Å². The number of carbonyl (C=O) groups is 1. The average Bonchev–Trinajstić information content (AvgIpc) is 2.56. The van der Waals surface area contributed by atoms with Gasteiger partial charge >= 0.3 is 0 Å². The molecule has 1 amide bonds. The topological polar surface area (TPSA) is 71.3 Å². The van der Waals surface area contributed by atoms with Crippen LogP contribution in [-0.2, 0) is 9.47 Å². The van der Waals surface area contributed by atoms with Crippen molar-refractivity contribution in [3.05, 3.63) is 47.0 Å². The summed E-state index contributed by atoms with van der Waals surface area (Å²) in [5.74, 6) is -0.180. The third-order valence-electron chi connectivity index (χ3n) is 3.69. The Balaban J connectivity index is 1.96. The van der Waals surface area contributed by atoms with E-state index in [1.807, 2.05) is 26.0 Å². The summed E-state index contributed by atoms with van der Waals surface area (Å²) < 4.78 is 11.3. The predicted molar refractivity (Wildman–Crippen MR) is 87.0 cm³/mol.